The second kappa shape index (κ2) is 10.9. The molecule has 2 aromatic rings. The van der Waals surface area contributed by atoms with Gasteiger partial charge in [0.2, 0.25) is 0 Å². The van der Waals surface area contributed by atoms with E-state index < -0.39 is 15.7 Å². The number of benzene rings is 1. The van der Waals surface area contributed by atoms with Crippen LogP contribution in [0.5, 0.6) is 0 Å². The summed E-state index contributed by atoms with van der Waals surface area (Å²) in [6, 6.07) is 4.14. The van der Waals surface area contributed by atoms with Crippen LogP contribution in [0.3, 0.4) is 0 Å². The SMILES string of the molecule is CCNC(=NCc1cc(F)ccc1CS(C)(=O)=O)NCCCCn1ccnc1C. The van der Waals surface area contributed by atoms with Crippen LogP contribution in [-0.4, -0.2) is 43.3 Å². The van der Waals surface area contributed by atoms with E-state index in [1.54, 1.807) is 6.20 Å². The van der Waals surface area contributed by atoms with Crippen molar-refractivity contribution in [3.63, 3.8) is 0 Å². The van der Waals surface area contributed by atoms with Gasteiger partial charge >= 0.3 is 0 Å². The minimum absolute atomic E-state index is 0.129. The summed E-state index contributed by atoms with van der Waals surface area (Å²) in [4.78, 5) is 8.71. The number of hydrogen-bond acceptors (Lipinski definition) is 4. The van der Waals surface area contributed by atoms with Gasteiger partial charge in [-0.15, -0.1) is 0 Å². The average molecular weight is 424 g/mol. The molecule has 1 heterocycles. The maximum absolute atomic E-state index is 13.6. The van der Waals surface area contributed by atoms with Crippen molar-refractivity contribution in [2.45, 2.75) is 45.5 Å². The van der Waals surface area contributed by atoms with Crippen LogP contribution in [0.4, 0.5) is 4.39 Å². The first kappa shape index (κ1) is 22.9. The van der Waals surface area contributed by atoms with E-state index in [1.165, 1.54) is 24.5 Å². The van der Waals surface area contributed by atoms with E-state index in [1.807, 2.05) is 20.0 Å². The van der Waals surface area contributed by atoms with Crippen LogP contribution in [0, 0.1) is 12.7 Å². The van der Waals surface area contributed by atoms with Crippen molar-refractivity contribution in [2.75, 3.05) is 19.3 Å². The summed E-state index contributed by atoms with van der Waals surface area (Å²) in [5, 5.41) is 6.43. The number of nitrogens with one attached hydrogen (secondary N) is 2. The number of aliphatic imine (C=N–C) groups is 1. The Morgan fingerprint density at radius 1 is 1.24 bits per heavy atom. The zero-order valence-corrected chi connectivity index (χ0v) is 18.1. The number of halogens is 1. The van der Waals surface area contributed by atoms with Gasteiger partial charge < -0.3 is 15.2 Å². The van der Waals surface area contributed by atoms with Gasteiger partial charge in [-0.3, -0.25) is 0 Å². The molecule has 0 amide bonds. The highest BCUT2D eigenvalue weighted by molar-refractivity contribution is 7.89. The van der Waals surface area contributed by atoms with Crippen molar-refractivity contribution in [1.82, 2.24) is 20.2 Å². The fourth-order valence-corrected chi connectivity index (χ4v) is 3.77. The molecule has 0 aliphatic carbocycles. The van der Waals surface area contributed by atoms with Crippen molar-refractivity contribution >= 4 is 15.8 Å². The summed E-state index contributed by atoms with van der Waals surface area (Å²) in [7, 11) is -3.21. The van der Waals surface area contributed by atoms with Crippen molar-refractivity contribution in [3.8, 4) is 0 Å². The minimum atomic E-state index is -3.21. The van der Waals surface area contributed by atoms with Gasteiger partial charge in [0.25, 0.3) is 0 Å². The highest BCUT2D eigenvalue weighted by Gasteiger charge is 2.10. The van der Waals surface area contributed by atoms with E-state index in [0.29, 0.717) is 23.6 Å². The number of sulfone groups is 1. The molecular weight excluding hydrogens is 393 g/mol. The van der Waals surface area contributed by atoms with Gasteiger partial charge in [-0.25, -0.2) is 22.8 Å². The number of nitrogens with zero attached hydrogens (tertiary/aromatic N) is 3. The van der Waals surface area contributed by atoms with E-state index in [-0.39, 0.29) is 12.3 Å². The molecule has 0 fully saturated rings. The molecule has 29 heavy (non-hydrogen) atoms. The highest BCUT2D eigenvalue weighted by atomic mass is 32.2. The second-order valence-electron chi connectivity index (χ2n) is 6.98. The molecule has 0 saturated heterocycles. The first-order valence-electron chi connectivity index (χ1n) is 9.73. The summed E-state index contributed by atoms with van der Waals surface area (Å²) in [5.74, 6) is 1.10. The molecule has 9 heteroatoms. The molecule has 0 aliphatic rings. The first-order chi connectivity index (χ1) is 13.8. The minimum Gasteiger partial charge on any atom is -0.357 e. The lowest BCUT2D eigenvalue weighted by Gasteiger charge is -2.13. The molecule has 160 valence electrons. The van der Waals surface area contributed by atoms with E-state index in [9.17, 15) is 12.8 Å². The fraction of sp³-hybridized carbons (Fsp3) is 0.500. The number of unbranched alkanes of at least 4 members (excludes halogenated alkanes) is 1. The summed E-state index contributed by atoms with van der Waals surface area (Å²) in [6.07, 6.45) is 6.91. The Balaban J connectivity index is 1.93. The van der Waals surface area contributed by atoms with Crippen molar-refractivity contribution in [1.29, 1.82) is 0 Å². The third-order valence-corrected chi connectivity index (χ3v) is 5.22. The molecule has 0 bridgehead atoms. The van der Waals surface area contributed by atoms with Crippen LogP contribution in [0.1, 0.15) is 36.7 Å². The molecule has 2 N–H and O–H groups in total. The van der Waals surface area contributed by atoms with Crippen molar-refractivity contribution in [2.24, 2.45) is 4.99 Å². The molecule has 0 radical (unpaired) electrons. The van der Waals surface area contributed by atoms with Crippen LogP contribution in [0.15, 0.2) is 35.6 Å². The molecule has 0 unspecified atom stereocenters. The number of aromatic nitrogens is 2. The largest absolute Gasteiger partial charge is 0.357 e. The molecule has 2 rings (SSSR count). The smallest absolute Gasteiger partial charge is 0.191 e. The number of imidazole rings is 1. The van der Waals surface area contributed by atoms with Gasteiger partial charge in [0.05, 0.1) is 12.3 Å². The topological polar surface area (TPSA) is 88.4 Å². The van der Waals surface area contributed by atoms with Crippen LogP contribution >= 0.6 is 0 Å². The van der Waals surface area contributed by atoms with E-state index in [4.69, 9.17) is 0 Å². The van der Waals surface area contributed by atoms with Crippen molar-refractivity contribution < 1.29 is 12.8 Å². The molecular formula is C20H30FN5O2S. The van der Waals surface area contributed by atoms with Crippen LogP contribution in [0.25, 0.3) is 0 Å². The fourth-order valence-electron chi connectivity index (χ4n) is 2.92. The Morgan fingerprint density at radius 3 is 2.69 bits per heavy atom. The quantitative estimate of drug-likeness (QED) is 0.348. The summed E-state index contributed by atoms with van der Waals surface area (Å²) < 4.78 is 39.0. The third-order valence-electron chi connectivity index (χ3n) is 4.38. The lowest BCUT2D eigenvalue weighted by atomic mass is 10.1. The average Bonchev–Trinajstić information content (AvgIpc) is 3.05. The van der Waals surface area contributed by atoms with E-state index in [2.05, 4.69) is 25.2 Å². The Bertz CT molecular complexity index is 925. The Kier molecular flexibility index (Phi) is 8.63. The molecule has 0 atom stereocenters. The maximum atomic E-state index is 13.6. The van der Waals surface area contributed by atoms with E-state index >= 15 is 0 Å². The molecule has 0 saturated carbocycles. The predicted octanol–water partition coefficient (Wildman–Crippen LogP) is 2.41. The molecule has 1 aromatic heterocycles. The monoisotopic (exact) mass is 423 g/mol. The highest BCUT2D eigenvalue weighted by Crippen LogP contribution is 2.15. The Morgan fingerprint density at radius 2 is 2.03 bits per heavy atom. The predicted molar refractivity (Wildman–Crippen MR) is 114 cm³/mol. The van der Waals surface area contributed by atoms with Gasteiger partial charge in [-0.05, 0) is 49.9 Å². The zero-order valence-electron chi connectivity index (χ0n) is 17.3. The first-order valence-corrected chi connectivity index (χ1v) is 11.8. The zero-order chi connectivity index (χ0) is 21.3. The van der Waals surface area contributed by atoms with Gasteiger partial charge in [0.15, 0.2) is 15.8 Å². The number of hydrogen-bond donors (Lipinski definition) is 2. The molecule has 0 spiro atoms. The second-order valence-corrected chi connectivity index (χ2v) is 9.12. The summed E-state index contributed by atoms with van der Waals surface area (Å²) >= 11 is 0. The number of aryl methyl sites for hydroxylation is 2. The maximum Gasteiger partial charge on any atom is 0.191 e. The molecule has 0 aliphatic heterocycles. The van der Waals surface area contributed by atoms with E-state index in [0.717, 1.165) is 31.8 Å². The number of guanidine groups is 1. The summed E-state index contributed by atoms with van der Waals surface area (Å²) in [5.41, 5.74) is 1.15. The van der Waals surface area contributed by atoms with Gasteiger partial charge in [-0.2, -0.15) is 0 Å². The van der Waals surface area contributed by atoms with Gasteiger partial charge in [0.1, 0.15) is 11.6 Å². The van der Waals surface area contributed by atoms with Crippen LogP contribution in [-0.2, 0) is 28.7 Å². The third kappa shape index (κ3) is 8.23. The lowest BCUT2D eigenvalue weighted by Crippen LogP contribution is -2.37. The summed E-state index contributed by atoms with van der Waals surface area (Å²) in [6.45, 7) is 6.51. The Hall–Kier alpha value is -2.42. The van der Waals surface area contributed by atoms with Crippen molar-refractivity contribution in [3.05, 3.63) is 53.4 Å². The molecule has 1 aromatic carbocycles. The van der Waals surface area contributed by atoms with Gasteiger partial charge in [0, 0.05) is 38.3 Å². The standard InChI is InChI=1S/C20H30FN5O2S/c1-4-22-20(24-9-5-6-11-26-12-10-23-16(26)2)25-14-18-13-19(21)8-7-17(18)15-29(3,27)28/h7-8,10,12-13H,4-6,9,11,14-15H2,1-3H3,(H2,22,24,25). The normalized spacial score (nSPS) is 12.2. The van der Waals surface area contributed by atoms with Gasteiger partial charge in [-0.1, -0.05) is 6.07 Å². The lowest BCUT2D eigenvalue weighted by molar-refractivity contribution is 0.588. The molecule has 7 nitrogen and oxygen atoms in total. The number of rotatable bonds is 10. The van der Waals surface area contributed by atoms with Crippen LogP contribution in [0.2, 0.25) is 0 Å². The Labute approximate surface area is 172 Å². The van der Waals surface area contributed by atoms with Crippen LogP contribution < -0.4 is 10.6 Å².